The molecule has 0 aromatic rings. The summed E-state index contributed by atoms with van der Waals surface area (Å²) in [7, 11) is 0. The minimum Gasteiger partial charge on any atom is -0.444 e. The molecule has 2 aliphatic rings. The van der Waals surface area contributed by atoms with Crippen molar-refractivity contribution in [1.82, 2.24) is 10.2 Å². The van der Waals surface area contributed by atoms with E-state index in [1.807, 2.05) is 25.7 Å². The molecule has 0 radical (unpaired) electrons. The lowest BCUT2D eigenvalue weighted by Gasteiger charge is -2.31. The van der Waals surface area contributed by atoms with Crippen LogP contribution in [0.25, 0.3) is 0 Å². The summed E-state index contributed by atoms with van der Waals surface area (Å²) in [5.41, 5.74) is 5.45. The van der Waals surface area contributed by atoms with Gasteiger partial charge in [0.05, 0.1) is 0 Å². The predicted molar refractivity (Wildman–Crippen MR) is 88.8 cm³/mol. The zero-order valence-corrected chi connectivity index (χ0v) is 14.4. The van der Waals surface area contributed by atoms with Crippen LogP contribution in [-0.4, -0.2) is 48.3 Å². The quantitative estimate of drug-likeness (QED) is 0.840. The van der Waals surface area contributed by atoms with Gasteiger partial charge in [0.25, 0.3) is 0 Å². The first-order valence-corrected chi connectivity index (χ1v) is 8.83. The van der Waals surface area contributed by atoms with E-state index in [2.05, 4.69) is 5.32 Å². The molecule has 1 saturated carbocycles. The van der Waals surface area contributed by atoms with Gasteiger partial charge in [-0.05, 0) is 58.9 Å². The molecule has 3 atom stereocenters. The van der Waals surface area contributed by atoms with E-state index in [4.69, 9.17) is 10.5 Å². The van der Waals surface area contributed by atoms with Crippen LogP contribution in [0, 0.1) is 5.92 Å². The topological polar surface area (TPSA) is 67.6 Å². The van der Waals surface area contributed by atoms with Crippen LogP contribution in [0.5, 0.6) is 0 Å². The maximum atomic E-state index is 12.3. The number of likely N-dealkylation sites (tertiary alicyclic amines) is 1. The molecule has 5 heteroatoms. The fraction of sp³-hybridized carbons (Fsp3) is 0.941. The van der Waals surface area contributed by atoms with Crippen molar-refractivity contribution in [2.75, 3.05) is 19.6 Å². The van der Waals surface area contributed by atoms with Crippen molar-refractivity contribution >= 4 is 6.09 Å². The fourth-order valence-electron chi connectivity index (χ4n) is 3.61. The Balaban J connectivity index is 1.90. The van der Waals surface area contributed by atoms with Crippen LogP contribution in [0.1, 0.15) is 59.3 Å². The van der Waals surface area contributed by atoms with Gasteiger partial charge in [0, 0.05) is 25.2 Å². The van der Waals surface area contributed by atoms with E-state index in [9.17, 15) is 4.79 Å². The van der Waals surface area contributed by atoms with Crippen LogP contribution in [0.2, 0.25) is 0 Å². The van der Waals surface area contributed by atoms with Gasteiger partial charge < -0.3 is 20.7 Å². The molecule has 1 aliphatic carbocycles. The number of ether oxygens (including phenoxy) is 1. The van der Waals surface area contributed by atoms with Gasteiger partial charge in [0.1, 0.15) is 5.60 Å². The number of nitrogens with two attached hydrogens (primary N) is 1. The number of amides is 1. The molecule has 22 heavy (non-hydrogen) atoms. The van der Waals surface area contributed by atoms with E-state index in [0.29, 0.717) is 18.0 Å². The van der Waals surface area contributed by atoms with Crippen molar-refractivity contribution in [1.29, 1.82) is 0 Å². The van der Waals surface area contributed by atoms with Gasteiger partial charge in [-0.3, -0.25) is 0 Å². The lowest BCUT2D eigenvalue weighted by molar-refractivity contribution is 0.0241. The molecule has 0 spiro atoms. The molecule has 2 rings (SSSR count). The number of rotatable bonds is 3. The van der Waals surface area contributed by atoms with Crippen LogP contribution in [0.3, 0.4) is 0 Å². The molecular formula is C17H33N3O2. The molecule has 5 nitrogen and oxygen atoms in total. The van der Waals surface area contributed by atoms with E-state index >= 15 is 0 Å². The van der Waals surface area contributed by atoms with Crippen LogP contribution in [-0.2, 0) is 4.74 Å². The Hall–Kier alpha value is -0.810. The molecule has 0 bridgehead atoms. The second-order valence-corrected chi connectivity index (χ2v) is 7.82. The average molecular weight is 311 g/mol. The van der Waals surface area contributed by atoms with Crippen molar-refractivity contribution < 1.29 is 9.53 Å². The maximum absolute atomic E-state index is 12.3. The molecule has 128 valence electrons. The van der Waals surface area contributed by atoms with Gasteiger partial charge in [-0.15, -0.1) is 0 Å². The van der Waals surface area contributed by atoms with Crippen LogP contribution in [0.4, 0.5) is 4.79 Å². The highest BCUT2D eigenvalue weighted by Crippen LogP contribution is 2.26. The van der Waals surface area contributed by atoms with Gasteiger partial charge >= 0.3 is 6.09 Å². The summed E-state index contributed by atoms with van der Waals surface area (Å²) in [5.74, 6) is 0.596. The van der Waals surface area contributed by atoms with Crippen molar-refractivity contribution in [2.45, 2.75) is 77.0 Å². The molecule has 3 N–H and O–H groups in total. The molecule has 1 amide bonds. The van der Waals surface area contributed by atoms with Crippen molar-refractivity contribution in [3.8, 4) is 0 Å². The predicted octanol–water partition coefficient (Wildman–Crippen LogP) is 2.49. The van der Waals surface area contributed by atoms with E-state index in [1.54, 1.807) is 0 Å². The Bertz CT molecular complexity index is 367. The van der Waals surface area contributed by atoms with E-state index in [0.717, 1.165) is 38.9 Å². The highest BCUT2D eigenvalue weighted by Gasteiger charge is 2.31. The van der Waals surface area contributed by atoms with Crippen LogP contribution in [0.15, 0.2) is 0 Å². The first-order valence-electron chi connectivity index (χ1n) is 8.83. The monoisotopic (exact) mass is 311 g/mol. The van der Waals surface area contributed by atoms with Gasteiger partial charge in [0.15, 0.2) is 0 Å². The summed E-state index contributed by atoms with van der Waals surface area (Å²) in [6.07, 6.45) is 6.89. The van der Waals surface area contributed by atoms with E-state index in [1.165, 1.54) is 19.3 Å². The molecule has 1 heterocycles. The highest BCUT2D eigenvalue weighted by molar-refractivity contribution is 5.68. The minimum atomic E-state index is -0.428. The molecule has 2 fully saturated rings. The van der Waals surface area contributed by atoms with Gasteiger partial charge in [-0.2, -0.15) is 0 Å². The summed E-state index contributed by atoms with van der Waals surface area (Å²) in [6, 6.07) is 0.890. The van der Waals surface area contributed by atoms with Gasteiger partial charge in [0.2, 0.25) is 0 Å². The summed E-state index contributed by atoms with van der Waals surface area (Å²) in [5, 5.41) is 3.78. The standard InChI is InChI=1S/C17H33N3O2/c1-17(2,3)22-16(21)20-10-5-4-8-14(12-20)19-15-9-6-7-13(15)11-18/h13-15,19H,4-12,18H2,1-3H3. The highest BCUT2D eigenvalue weighted by atomic mass is 16.6. The number of nitrogens with one attached hydrogen (secondary N) is 1. The summed E-state index contributed by atoms with van der Waals surface area (Å²) in [4.78, 5) is 14.2. The van der Waals surface area contributed by atoms with Crippen molar-refractivity contribution in [3.63, 3.8) is 0 Å². The number of nitrogens with zero attached hydrogens (tertiary/aromatic N) is 1. The lowest BCUT2D eigenvalue weighted by atomic mass is 10.0. The SMILES string of the molecule is CC(C)(C)OC(=O)N1CCCCC(NC2CCCC2CN)C1. The number of hydrogen-bond donors (Lipinski definition) is 2. The molecule has 0 aromatic carbocycles. The minimum absolute atomic E-state index is 0.178. The summed E-state index contributed by atoms with van der Waals surface area (Å²) < 4.78 is 5.53. The van der Waals surface area contributed by atoms with Gasteiger partial charge in [-0.1, -0.05) is 12.8 Å². The lowest BCUT2D eigenvalue weighted by Crippen LogP contribution is -2.49. The smallest absolute Gasteiger partial charge is 0.410 e. The first kappa shape index (κ1) is 17.5. The third-order valence-corrected chi connectivity index (χ3v) is 4.73. The molecule has 0 aromatic heterocycles. The maximum Gasteiger partial charge on any atom is 0.410 e. The Morgan fingerprint density at radius 1 is 1.23 bits per heavy atom. The number of carbonyl (C=O) groups is 1. The van der Waals surface area contributed by atoms with Crippen LogP contribution < -0.4 is 11.1 Å². The Morgan fingerprint density at radius 3 is 2.68 bits per heavy atom. The van der Waals surface area contributed by atoms with Crippen LogP contribution >= 0.6 is 0 Å². The van der Waals surface area contributed by atoms with Gasteiger partial charge in [-0.25, -0.2) is 4.79 Å². The normalized spacial score (nSPS) is 30.2. The van der Waals surface area contributed by atoms with E-state index in [-0.39, 0.29) is 6.09 Å². The second-order valence-electron chi connectivity index (χ2n) is 7.82. The number of hydrogen-bond acceptors (Lipinski definition) is 4. The Labute approximate surface area is 134 Å². The average Bonchev–Trinajstić information content (AvgIpc) is 2.73. The van der Waals surface area contributed by atoms with E-state index < -0.39 is 5.60 Å². The molecule has 3 unspecified atom stereocenters. The molecule has 1 saturated heterocycles. The third-order valence-electron chi connectivity index (χ3n) is 4.73. The fourth-order valence-corrected chi connectivity index (χ4v) is 3.61. The Kier molecular flexibility index (Phi) is 6.09. The molecular weight excluding hydrogens is 278 g/mol. The third kappa shape index (κ3) is 5.13. The van der Waals surface area contributed by atoms with Crippen molar-refractivity contribution in [3.05, 3.63) is 0 Å². The summed E-state index contributed by atoms with van der Waals surface area (Å²) in [6.45, 7) is 8.08. The number of carbonyl (C=O) groups excluding carboxylic acids is 1. The zero-order chi connectivity index (χ0) is 16.2. The first-order chi connectivity index (χ1) is 10.4. The Morgan fingerprint density at radius 2 is 2.00 bits per heavy atom. The largest absolute Gasteiger partial charge is 0.444 e. The zero-order valence-electron chi connectivity index (χ0n) is 14.4. The van der Waals surface area contributed by atoms with Crippen molar-refractivity contribution in [2.24, 2.45) is 11.7 Å². The second kappa shape index (κ2) is 7.64. The summed E-state index contributed by atoms with van der Waals surface area (Å²) >= 11 is 0. The molecule has 1 aliphatic heterocycles.